The Morgan fingerprint density at radius 1 is 1.56 bits per heavy atom. The third-order valence-corrected chi connectivity index (χ3v) is 3.77. The molecule has 4 heteroatoms. The Balaban J connectivity index is 1.77. The number of alkyl halides is 1. The minimum Gasteiger partial charge on any atom is -0.469 e. The lowest BCUT2D eigenvalue weighted by molar-refractivity contribution is -0.133. The van der Waals surface area contributed by atoms with E-state index in [1.54, 1.807) is 6.26 Å². The molecule has 1 aromatic heterocycles. The predicted octanol–water partition coefficient (Wildman–Crippen LogP) is 3.08. The van der Waals surface area contributed by atoms with Crippen LogP contribution in [0.4, 0.5) is 0 Å². The van der Waals surface area contributed by atoms with Gasteiger partial charge in [-0.25, -0.2) is 0 Å². The lowest BCUT2D eigenvalue weighted by Gasteiger charge is -2.32. The molecule has 1 aromatic rings. The first kappa shape index (κ1) is 13.5. The fourth-order valence-electron chi connectivity index (χ4n) is 2.52. The van der Waals surface area contributed by atoms with Crippen molar-refractivity contribution in [3.63, 3.8) is 0 Å². The second-order valence-corrected chi connectivity index (χ2v) is 5.28. The van der Waals surface area contributed by atoms with Gasteiger partial charge in [0.05, 0.1) is 6.26 Å². The molecule has 0 N–H and O–H groups in total. The van der Waals surface area contributed by atoms with Crippen LogP contribution < -0.4 is 0 Å². The van der Waals surface area contributed by atoms with E-state index in [9.17, 15) is 4.79 Å². The third kappa shape index (κ3) is 3.77. The fourth-order valence-corrected chi connectivity index (χ4v) is 2.83. The number of hydrogen-bond acceptors (Lipinski definition) is 2. The molecule has 100 valence electrons. The number of amides is 1. The first-order valence-electron chi connectivity index (χ1n) is 6.65. The fraction of sp³-hybridized carbons (Fsp3) is 0.643. The van der Waals surface area contributed by atoms with Crippen molar-refractivity contribution in [1.82, 2.24) is 4.90 Å². The van der Waals surface area contributed by atoms with Gasteiger partial charge < -0.3 is 9.32 Å². The average Bonchev–Trinajstić information content (AvgIpc) is 2.90. The third-order valence-electron chi connectivity index (χ3n) is 3.55. The molecule has 1 amide bonds. The van der Waals surface area contributed by atoms with E-state index >= 15 is 0 Å². The molecule has 0 aliphatic carbocycles. The monoisotopic (exact) mass is 269 g/mol. The maximum absolute atomic E-state index is 12.1. The normalized spacial score (nSPS) is 20.1. The lowest BCUT2D eigenvalue weighted by Crippen LogP contribution is -2.40. The number of likely N-dealkylation sites (tertiary alicyclic amines) is 1. The molecular formula is C14H20ClNO2. The van der Waals surface area contributed by atoms with Gasteiger partial charge in [0.2, 0.25) is 5.91 Å². The summed E-state index contributed by atoms with van der Waals surface area (Å²) in [6.45, 7) is 1.78. The molecular weight excluding hydrogens is 250 g/mol. The van der Waals surface area contributed by atoms with E-state index in [0.29, 0.717) is 24.6 Å². The standard InChI is InChI=1S/C14H20ClNO2/c15-8-7-12-3-1-9-16(11-12)14(17)6-5-13-4-2-10-18-13/h2,4,10,12H,1,3,5-9,11H2. The highest BCUT2D eigenvalue weighted by atomic mass is 35.5. The number of rotatable bonds is 5. The van der Waals surface area contributed by atoms with Crippen LogP contribution in [-0.4, -0.2) is 29.8 Å². The van der Waals surface area contributed by atoms with E-state index < -0.39 is 0 Å². The summed E-state index contributed by atoms with van der Waals surface area (Å²) in [7, 11) is 0. The smallest absolute Gasteiger partial charge is 0.223 e. The van der Waals surface area contributed by atoms with Gasteiger partial charge in [-0.2, -0.15) is 0 Å². The number of carbonyl (C=O) groups is 1. The number of aryl methyl sites for hydroxylation is 1. The zero-order valence-corrected chi connectivity index (χ0v) is 11.4. The van der Waals surface area contributed by atoms with Crippen LogP contribution in [0.15, 0.2) is 22.8 Å². The van der Waals surface area contributed by atoms with Crippen LogP contribution in [-0.2, 0) is 11.2 Å². The molecule has 1 fully saturated rings. The van der Waals surface area contributed by atoms with Gasteiger partial charge in [-0.05, 0) is 37.3 Å². The van der Waals surface area contributed by atoms with Crippen LogP contribution in [0.3, 0.4) is 0 Å². The highest BCUT2D eigenvalue weighted by molar-refractivity contribution is 6.17. The number of halogens is 1. The molecule has 1 aliphatic heterocycles. The second kappa shape index (κ2) is 6.83. The predicted molar refractivity (Wildman–Crippen MR) is 71.7 cm³/mol. The largest absolute Gasteiger partial charge is 0.469 e. The van der Waals surface area contributed by atoms with Crippen molar-refractivity contribution in [3.8, 4) is 0 Å². The van der Waals surface area contributed by atoms with E-state index in [4.69, 9.17) is 16.0 Å². The van der Waals surface area contributed by atoms with Crippen molar-refractivity contribution in [2.24, 2.45) is 5.92 Å². The van der Waals surface area contributed by atoms with Crippen molar-refractivity contribution < 1.29 is 9.21 Å². The average molecular weight is 270 g/mol. The van der Waals surface area contributed by atoms with Crippen LogP contribution in [0.5, 0.6) is 0 Å². The maximum Gasteiger partial charge on any atom is 0.223 e. The lowest BCUT2D eigenvalue weighted by atomic mass is 9.95. The number of piperidine rings is 1. The summed E-state index contributed by atoms with van der Waals surface area (Å²) in [5.74, 6) is 2.41. The summed E-state index contributed by atoms with van der Waals surface area (Å²) in [4.78, 5) is 14.1. The summed E-state index contributed by atoms with van der Waals surface area (Å²) in [6, 6.07) is 3.77. The van der Waals surface area contributed by atoms with Gasteiger partial charge >= 0.3 is 0 Å². The highest BCUT2D eigenvalue weighted by Crippen LogP contribution is 2.21. The summed E-state index contributed by atoms with van der Waals surface area (Å²) in [5, 5.41) is 0. The van der Waals surface area contributed by atoms with Crippen molar-refractivity contribution in [1.29, 1.82) is 0 Å². The molecule has 0 bridgehead atoms. The minimum absolute atomic E-state index is 0.241. The van der Waals surface area contributed by atoms with Gasteiger partial charge in [0.25, 0.3) is 0 Å². The summed E-state index contributed by atoms with van der Waals surface area (Å²) >= 11 is 5.78. The summed E-state index contributed by atoms with van der Waals surface area (Å²) < 4.78 is 5.24. The molecule has 18 heavy (non-hydrogen) atoms. The topological polar surface area (TPSA) is 33.5 Å². The van der Waals surface area contributed by atoms with Crippen LogP contribution in [0, 0.1) is 5.92 Å². The van der Waals surface area contributed by atoms with Gasteiger partial charge in [-0.1, -0.05) is 0 Å². The van der Waals surface area contributed by atoms with Crippen molar-refractivity contribution in [2.45, 2.75) is 32.1 Å². The van der Waals surface area contributed by atoms with Gasteiger partial charge in [0, 0.05) is 31.8 Å². The number of carbonyl (C=O) groups excluding carboxylic acids is 1. The Kier molecular flexibility index (Phi) is 5.12. The summed E-state index contributed by atoms with van der Waals surface area (Å²) in [6.07, 6.45) is 6.22. The number of hydrogen-bond donors (Lipinski definition) is 0. The molecule has 0 radical (unpaired) electrons. The quantitative estimate of drug-likeness (QED) is 0.770. The van der Waals surface area contributed by atoms with Crippen LogP contribution in [0.25, 0.3) is 0 Å². The van der Waals surface area contributed by atoms with Crippen molar-refractivity contribution in [2.75, 3.05) is 19.0 Å². The Morgan fingerprint density at radius 3 is 3.17 bits per heavy atom. The van der Waals surface area contributed by atoms with Crippen LogP contribution in [0.2, 0.25) is 0 Å². The molecule has 0 saturated carbocycles. The van der Waals surface area contributed by atoms with E-state index in [-0.39, 0.29) is 5.91 Å². The molecule has 0 aromatic carbocycles. The van der Waals surface area contributed by atoms with Gasteiger partial charge in [0.1, 0.15) is 5.76 Å². The molecule has 2 heterocycles. The molecule has 1 atom stereocenters. The molecule has 3 nitrogen and oxygen atoms in total. The highest BCUT2D eigenvalue weighted by Gasteiger charge is 2.22. The van der Waals surface area contributed by atoms with E-state index in [1.807, 2.05) is 17.0 Å². The number of nitrogens with zero attached hydrogens (tertiary/aromatic N) is 1. The van der Waals surface area contributed by atoms with Gasteiger partial charge in [-0.15, -0.1) is 11.6 Å². The molecule has 1 saturated heterocycles. The SMILES string of the molecule is O=C(CCc1ccco1)N1CCCC(CCCl)C1. The van der Waals surface area contributed by atoms with Gasteiger partial charge in [0.15, 0.2) is 0 Å². The second-order valence-electron chi connectivity index (χ2n) is 4.91. The van der Waals surface area contributed by atoms with Crippen molar-refractivity contribution >= 4 is 17.5 Å². The molecule has 2 rings (SSSR count). The Morgan fingerprint density at radius 2 is 2.44 bits per heavy atom. The zero-order chi connectivity index (χ0) is 12.8. The Labute approximate surface area is 113 Å². The van der Waals surface area contributed by atoms with Crippen molar-refractivity contribution in [3.05, 3.63) is 24.2 Å². The Bertz CT molecular complexity index is 362. The van der Waals surface area contributed by atoms with Crippen LogP contribution >= 0.6 is 11.6 Å². The first-order chi connectivity index (χ1) is 8.79. The van der Waals surface area contributed by atoms with Gasteiger partial charge in [-0.3, -0.25) is 4.79 Å². The number of furan rings is 1. The van der Waals surface area contributed by atoms with E-state index in [2.05, 4.69) is 0 Å². The Hall–Kier alpha value is -0.960. The van der Waals surface area contributed by atoms with E-state index in [0.717, 1.165) is 31.7 Å². The maximum atomic E-state index is 12.1. The molecule has 1 aliphatic rings. The minimum atomic E-state index is 0.241. The molecule has 0 spiro atoms. The van der Waals surface area contributed by atoms with Crippen LogP contribution in [0.1, 0.15) is 31.4 Å². The zero-order valence-electron chi connectivity index (χ0n) is 10.6. The molecule has 1 unspecified atom stereocenters. The van der Waals surface area contributed by atoms with E-state index in [1.165, 1.54) is 6.42 Å². The summed E-state index contributed by atoms with van der Waals surface area (Å²) in [5.41, 5.74) is 0. The first-order valence-corrected chi connectivity index (χ1v) is 7.19.